The molecule has 0 unspecified atom stereocenters. The van der Waals surface area contributed by atoms with Crippen molar-refractivity contribution in [2.75, 3.05) is 32.1 Å². The summed E-state index contributed by atoms with van der Waals surface area (Å²) in [5.41, 5.74) is 0.0608. The molecule has 1 saturated heterocycles. The van der Waals surface area contributed by atoms with Gasteiger partial charge in [-0.25, -0.2) is 9.97 Å². The highest BCUT2D eigenvalue weighted by Crippen LogP contribution is 2.51. The summed E-state index contributed by atoms with van der Waals surface area (Å²) in [4.78, 5) is 23.2. The number of rotatable bonds is 5. The van der Waals surface area contributed by atoms with Crippen molar-refractivity contribution >= 4 is 23.5 Å². The lowest BCUT2D eigenvalue weighted by molar-refractivity contribution is -0.146. The fourth-order valence-electron chi connectivity index (χ4n) is 3.06. The van der Waals surface area contributed by atoms with Crippen molar-refractivity contribution in [2.45, 2.75) is 44.1 Å². The number of hydrogen-bond acceptors (Lipinski definition) is 6. The molecule has 6 nitrogen and oxygen atoms in total. The molecule has 0 atom stereocenters. The lowest BCUT2D eigenvalue weighted by Gasteiger charge is -2.29. The largest absolute Gasteiger partial charge is 0.465 e. The van der Waals surface area contributed by atoms with Crippen molar-refractivity contribution in [2.24, 2.45) is 0 Å². The number of carbonyl (C=O) groups excluding carboxylic acids is 1. The van der Waals surface area contributed by atoms with Gasteiger partial charge >= 0.3 is 5.97 Å². The van der Waals surface area contributed by atoms with Crippen molar-refractivity contribution < 1.29 is 9.53 Å². The second kappa shape index (κ2) is 6.61. The van der Waals surface area contributed by atoms with Crippen LogP contribution in [0.25, 0.3) is 0 Å². The van der Waals surface area contributed by atoms with Crippen LogP contribution in [0.1, 0.15) is 38.2 Å². The van der Waals surface area contributed by atoms with Crippen molar-refractivity contribution in [3.8, 4) is 0 Å². The number of aromatic nitrogens is 2. The minimum absolute atomic E-state index is 0.221. The number of hydrogen-bond donors (Lipinski definition) is 1. The average molecular weight is 339 g/mol. The Kier molecular flexibility index (Phi) is 4.73. The fourth-order valence-corrected chi connectivity index (χ4v) is 3.37. The van der Waals surface area contributed by atoms with Gasteiger partial charge in [0.25, 0.3) is 0 Å². The molecule has 2 fully saturated rings. The maximum Gasteiger partial charge on any atom is 0.316 e. The van der Waals surface area contributed by atoms with E-state index in [0.717, 1.165) is 38.8 Å². The smallest absolute Gasteiger partial charge is 0.316 e. The van der Waals surface area contributed by atoms with Gasteiger partial charge in [-0.1, -0.05) is 11.6 Å². The molecule has 0 bridgehead atoms. The molecule has 126 valence electrons. The summed E-state index contributed by atoms with van der Waals surface area (Å²) in [6.45, 7) is 4.31. The van der Waals surface area contributed by atoms with Gasteiger partial charge in [0, 0.05) is 17.8 Å². The monoisotopic (exact) mass is 338 g/mol. The number of piperidine rings is 1. The average Bonchev–Trinajstić information content (AvgIpc) is 3.32. The quantitative estimate of drug-likeness (QED) is 0.656. The van der Waals surface area contributed by atoms with Crippen LogP contribution in [0.3, 0.4) is 0 Å². The van der Waals surface area contributed by atoms with E-state index in [9.17, 15) is 4.79 Å². The number of nitrogens with zero attached hydrogens (tertiary/aromatic N) is 3. The molecule has 2 aliphatic rings. The summed E-state index contributed by atoms with van der Waals surface area (Å²) in [5, 5.41) is 3.69. The molecule has 23 heavy (non-hydrogen) atoms. The molecule has 3 rings (SSSR count). The number of likely N-dealkylation sites (tertiary alicyclic amines) is 1. The summed E-state index contributed by atoms with van der Waals surface area (Å²) in [6, 6.07) is 0.369. The van der Waals surface area contributed by atoms with Crippen LogP contribution in [-0.2, 0) is 14.9 Å². The molecular weight excluding hydrogens is 316 g/mol. The lowest BCUT2D eigenvalue weighted by Crippen LogP contribution is -2.37. The topological polar surface area (TPSA) is 67.3 Å². The van der Waals surface area contributed by atoms with Gasteiger partial charge in [0.15, 0.2) is 0 Å². The van der Waals surface area contributed by atoms with Gasteiger partial charge in [-0.05, 0) is 52.7 Å². The normalized spacial score (nSPS) is 21.0. The lowest BCUT2D eigenvalue weighted by atomic mass is 9.99. The maximum absolute atomic E-state index is 12.2. The van der Waals surface area contributed by atoms with Gasteiger partial charge in [-0.15, -0.1) is 0 Å². The standard InChI is InChI=1S/C16H23ClN4O2/c1-3-23-14(22)16(6-7-16)12-10-18-15(20-13(12)17)19-11-4-8-21(2)9-5-11/h10-11H,3-9H2,1-2H3,(H,18,19,20). The number of carbonyl (C=O) groups is 1. The predicted octanol–water partition coefficient (Wildman–Crippen LogP) is 2.23. The molecule has 1 N–H and O–H groups in total. The summed E-state index contributed by atoms with van der Waals surface area (Å²) >= 11 is 6.33. The molecule has 0 amide bonds. The highest BCUT2D eigenvalue weighted by molar-refractivity contribution is 6.30. The molecule has 1 aliphatic heterocycles. The van der Waals surface area contributed by atoms with Crippen molar-refractivity contribution in [3.63, 3.8) is 0 Å². The summed E-state index contributed by atoms with van der Waals surface area (Å²) in [7, 11) is 2.13. The third-order valence-electron chi connectivity index (χ3n) is 4.73. The van der Waals surface area contributed by atoms with E-state index in [2.05, 4.69) is 27.2 Å². The Balaban J connectivity index is 1.70. The third-order valence-corrected chi connectivity index (χ3v) is 5.01. The van der Waals surface area contributed by atoms with Crippen LogP contribution in [0.2, 0.25) is 5.15 Å². The van der Waals surface area contributed by atoms with Gasteiger partial charge in [0.05, 0.1) is 12.0 Å². The third kappa shape index (κ3) is 3.43. The van der Waals surface area contributed by atoms with Gasteiger partial charge in [-0.3, -0.25) is 4.79 Å². The first kappa shape index (κ1) is 16.5. The Morgan fingerprint density at radius 1 is 1.48 bits per heavy atom. The zero-order valence-electron chi connectivity index (χ0n) is 13.6. The second-order valence-electron chi connectivity index (χ2n) is 6.42. The van der Waals surface area contributed by atoms with Gasteiger partial charge in [0.2, 0.25) is 5.95 Å². The molecule has 7 heteroatoms. The summed E-state index contributed by atoms with van der Waals surface area (Å²) < 4.78 is 5.17. The van der Waals surface area contributed by atoms with Crippen LogP contribution in [0, 0.1) is 0 Å². The van der Waals surface area contributed by atoms with E-state index in [1.165, 1.54) is 0 Å². The molecule has 0 aromatic carbocycles. The zero-order valence-corrected chi connectivity index (χ0v) is 14.4. The van der Waals surface area contributed by atoms with E-state index in [1.807, 2.05) is 0 Å². The van der Waals surface area contributed by atoms with E-state index in [1.54, 1.807) is 13.1 Å². The predicted molar refractivity (Wildman–Crippen MR) is 88.7 cm³/mol. The first-order valence-electron chi connectivity index (χ1n) is 8.20. The first-order chi connectivity index (χ1) is 11.0. The van der Waals surface area contributed by atoms with Crippen molar-refractivity contribution in [1.29, 1.82) is 0 Å². The number of anilines is 1. The van der Waals surface area contributed by atoms with Crippen molar-refractivity contribution in [3.05, 3.63) is 16.9 Å². The van der Waals surface area contributed by atoms with Crippen LogP contribution in [0.5, 0.6) is 0 Å². The molecular formula is C16H23ClN4O2. The van der Waals surface area contributed by atoms with Gasteiger partial charge in [0.1, 0.15) is 5.15 Å². The highest BCUT2D eigenvalue weighted by Gasteiger charge is 2.54. The van der Waals surface area contributed by atoms with E-state index in [0.29, 0.717) is 29.3 Å². The number of esters is 1. The van der Waals surface area contributed by atoms with Crippen LogP contribution >= 0.6 is 11.6 Å². The Labute approximate surface area is 141 Å². The van der Waals surface area contributed by atoms with Crippen LogP contribution in [0.4, 0.5) is 5.95 Å². The van der Waals surface area contributed by atoms with E-state index in [-0.39, 0.29) is 5.97 Å². The Hall–Kier alpha value is -1.40. The van der Waals surface area contributed by atoms with E-state index < -0.39 is 5.41 Å². The van der Waals surface area contributed by atoms with Crippen molar-refractivity contribution in [1.82, 2.24) is 14.9 Å². The van der Waals surface area contributed by atoms with Gasteiger partial charge < -0.3 is 15.0 Å². The number of ether oxygens (including phenoxy) is 1. The Bertz CT molecular complexity index is 583. The van der Waals surface area contributed by atoms with E-state index >= 15 is 0 Å². The molecule has 2 heterocycles. The van der Waals surface area contributed by atoms with E-state index in [4.69, 9.17) is 16.3 Å². The molecule has 1 aromatic heterocycles. The SMILES string of the molecule is CCOC(=O)C1(c2cnc(NC3CCN(C)CC3)nc2Cl)CC1. The highest BCUT2D eigenvalue weighted by atomic mass is 35.5. The molecule has 1 aliphatic carbocycles. The summed E-state index contributed by atoms with van der Waals surface area (Å²) in [6.07, 6.45) is 5.29. The Morgan fingerprint density at radius 2 is 2.17 bits per heavy atom. The summed E-state index contributed by atoms with van der Waals surface area (Å²) in [5.74, 6) is 0.314. The van der Waals surface area contributed by atoms with Gasteiger partial charge in [-0.2, -0.15) is 0 Å². The molecule has 1 aromatic rings. The number of nitrogens with one attached hydrogen (secondary N) is 1. The molecule has 1 saturated carbocycles. The van der Waals surface area contributed by atoms with Crippen LogP contribution in [0.15, 0.2) is 6.20 Å². The fraction of sp³-hybridized carbons (Fsp3) is 0.688. The van der Waals surface area contributed by atoms with Crippen LogP contribution < -0.4 is 5.32 Å². The minimum atomic E-state index is -0.626. The maximum atomic E-state index is 12.2. The number of halogens is 1. The minimum Gasteiger partial charge on any atom is -0.465 e. The zero-order chi connectivity index (χ0) is 16.4. The second-order valence-corrected chi connectivity index (χ2v) is 6.78. The first-order valence-corrected chi connectivity index (χ1v) is 8.58. The van der Waals surface area contributed by atoms with Crippen LogP contribution in [-0.4, -0.2) is 53.6 Å². The molecule has 0 radical (unpaired) electrons. The Morgan fingerprint density at radius 3 is 2.74 bits per heavy atom. The molecule has 0 spiro atoms.